The molecule has 6 heteroatoms. The topological polar surface area (TPSA) is 71.3 Å². The molecular formula is C21H21ClN2O3. The average molecular weight is 385 g/mol. The molecule has 2 aromatic carbocycles. The molecule has 1 N–H and O–H groups in total. The van der Waals surface area contributed by atoms with Crippen LogP contribution < -0.4 is 10.1 Å². The second kappa shape index (κ2) is 11.0. The fraction of sp³-hybridized carbons (Fsp3) is 0.238. The predicted molar refractivity (Wildman–Crippen MR) is 105 cm³/mol. The number of methoxy groups -OCH3 is 1. The molecule has 0 radical (unpaired) electrons. The summed E-state index contributed by atoms with van der Waals surface area (Å²) in [7, 11) is 1.60. The predicted octanol–water partition coefficient (Wildman–Crippen LogP) is 3.98. The molecule has 0 spiro atoms. The van der Waals surface area contributed by atoms with Crippen LogP contribution in [0.3, 0.4) is 0 Å². The van der Waals surface area contributed by atoms with Gasteiger partial charge >= 0.3 is 0 Å². The zero-order chi connectivity index (χ0) is 19.5. The van der Waals surface area contributed by atoms with Crippen molar-refractivity contribution in [3.63, 3.8) is 0 Å². The Balaban J connectivity index is 1.94. The van der Waals surface area contributed by atoms with Crippen molar-refractivity contribution in [3.05, 3.63) is 70.3 Å². The minimum absolute atomic E-state index is 0.0529. The summed E-state index contributed by atoms with van der Waals surface area (Å²) in [6.45, 7) is 1.38. The molecule has 0 aromatic heterocycles. The number of ether oxygens (including phenoxy) is 2. The lowest BCUT2D eigenvalue weighted by Gasteiger charge is -2.08. The van der Waals surface area contributed by atoms with Crippen molar-refractivity contribution in [1.82, 2.24) is 5.32 Å². The third-order valence-corrected chi connectivity index (χ3v) is 4.09. The van der Waals surface area contributed by atoms with Gasteiger partial charge in [-0.2, -0.15) is 5.26 Å². The number of benzene rings is 2. The van der Waals surface area contributed by atoms with Gasteiger partial charge in [0.1, 0.15) is 24.0 Å². The van der Waals surface area contributed by atoms with Crippen LogP contribution in [0.2, 0.25) is 5.02 Å². The Bertz CT molecular complexity index is 826. The SMILES string of the molecule is COCCCNC(=O)/C(C#N)=C/c1ccc(OCc2ccccc2Cl)cc1. The molecule has 0 aliphatic heterocycles. The van der Waals surface area contributed by atoms with E-state index in [-0.39, 0.29) is 5.57 Å². The number of hydrogen-bond donors (Lipinski definition) is 1. The Labute approximate surface area is 164 Å². The summed E-state index contributed by atoms with van der Waals surface area (Å²) in [5, 5.41) is 12.6. The molecule has 0 fully saturated rings. The average Bonchev–Trinajstić information content (AvgIpc) is 2.69. The molecule has 0 aliphatic rings. The van der Waals surface area contributed by atoms with Crippen LogP contribution in [-0.2, 0) is 16.1 Å². The molecular weight excluding hydrogens is 364 g/mol. The number of carbonyl (C=O) groups excluding carboxylic acids is 1. The highest BCUT2D eigenvalue weighted by atomic mass is 35.5. The quantitative estimate of drug-likeness (QED) is 0.403. The Kier molecular flexibility index (Phi) is 8.37. The van der Waals surface area contributed by atoms with Crippen LogP contribution in [0.5, 0.6) is 5.75 Å². The van der Waals surface area contributed by atoms with Crippen molar-refractivity contribution < 1.29 is 14.3 Å². The highest BCUT2D eigenvalue weighted by molar-refractivity contribution is 6.31. The van der Waals surface area contributed by atoms with E-state index < -0.39 is 5.91 Å². The smallest absolute Gasteiger partial charge is 0.261 e. The fourth-order valence-corrected chi connectivity index (χ4v) is 2.46. The summed E-state index contributed by atoms with van der Waals surface area (Å²) in [4.78, 5) is 12.0. The van der Waals surface area contributed by atoms with Gasteiger partial charge in [0.2, 0.25) is 0 Å². The maximum absolute atomic E-state index is 12.0. The largest absolute Gasteiger partial charge is 0.489 e. The Morgan fingerprint density at radius 2 is 1.96 bits per heavy atom. The molecule has 0 saturated heterocycles. The number of nitrogens with zero attached hydrogens (tertiary/aromatic N) is 1. The number of halogens is 1. The minimum atomic E-state index is -0.396. The van der Waals surface area contributed by atoms with E-state index in [9.17, 15) is 10.1 Å². The lowest BCUT2D eigenvalue weighted by Crippen LogP contribution is -2.26. The number of rotatable bonds is 9. The molecule has 2 aromatic rings. The van der Waals surface area contributed by atoms with Gasteiger partial charge in [0.05, 0.1) is 0 Å². The molecule has 0 heterocycles. The van der Waals surface area contributed by atoms with Crippen LogP contribution >= 0.6 is 11.6 Å². The van der Waals surface area contributed by atoms with E-state index in [4.69, 9.17) is 21.1 Å². The zero-order valence-corrected chi connectivity index (χ0v) is 15.8. The Hall–Kier alpha value is -2.81. The van der Waals surface area contributed by atoms with E-state index in [1.165, 1.54) is 0 Å². The minimum Gasteiger partial charge on any atom is -0.489 e. The van der Waals surface area contributed by atoms with Crippen molar-refractivity contribution in [2.24, 2.45) is 0 Å². The van der Waals surface area contributed by atoms with E-state index in [1.54, 1.807) is 37.5 Å². The number of nitrogens with one attached hydrogen (secondary N) is 1. The Morgan fingerprint density at radius 3 is 2.63 bits per heavy atom. The molecule has 0 saturated carbocycles. The maximum atomic E-state index is 12.0. The number of nitriles is 1. The molecule has 1 amide bonds. The second-order valence-electron chi connectivity index (χ2n) is 5.72. The number of carbonyl (C=O) groups is 1. The molecule has 2 rings (SSSR count). The van der Waals surface area contributed by atoms with E-state index in [0.717, 1.165) is 11.1 Å². The zero-order valence-electron chi connectivity index (χ0n) is 15.1. The van der Waals surface area contributed by atoms with Gasteiger partial charge in [0, 0.05) is 30.8 Å². The highest BCUT2D eigenvalue weighted by Gasteiger charge is 2.08. The summed E-state index contributed by atoms with van der Waals surface area (Å²) in [5.74, 6) is 0.280. The van der Waals surface area contributed by atoms with Gasteiger partial charge in [-0.25, -0.2) is 0 Å². The molecule has 5 nitrogen and oxygen atoms in total. The Morgan fingerprint density at radius 1 is 1.22 bits per heavy atom. The summed E-state index contributed by atoms with van der Waals surface area (Å²) >= 11 is 6.11. The van der Waals surface area contributed by atoms with Gasteiger partial charge in [0.25, 0.3) is 5.91 Å². The first-order valence-corrected chi connectivity index (χ1v) is 8.87. The van der Waals surface area contributed by atoms with Crippen LogP contribution in [-0.4, -0.2) is 26.2 Å². The van der Waals surface area contributed by atoms with Crippen LogP contribution in [0.1, 0.15) is 17.5 Å². The lowest BCUT2D eigenvalue weighted by atomic mass is 10.1. The van der Waals surface area contributed by atoms with Crippen molar-refractivity contribution in [1.29, 1.82) is 5.26 Å². The third kappa shape index (κ3) is 6.78. The highest BCUT2D eigenvalue weighted by Crippen LogP contribution is 2.19. The van der Waals surface area contributed by atoms with Crippen molar-refractivity contribution in [2.75, 3.05) is 20.3 Å². The molecule has 140 valence electrons. The molecule has 0 aliphatic carbocycles. The monoisotopic (exact) mass is 384 g/mol. The van der Waals surface area contributed by atoms with Gasteiger partial charge in [0.15, 0.2) is 0 Å². The maximum Gasteiger partial charge on any atom is 0.261 e. The summed E-state index contributed by atoms with van der Waals surface area (Å²) in [5.41, 5.74) is 1.70. The first-order valence-electron chi connectivity index (χ1n) is 8.49. The van der Waals surface area contributed by atoms with E-state index in [0.29, 0.717) is 37.0 Å². The van der Waals surface area contributed by atoms with Gasteiger partial charge in [-0.15, -0.1) is 0 Å². The molecule has 0 atom stereocenters. The standard InChI is InChI=1S/C21H21ClN2O3/c1-26-12-4-11-24-21(25)18(14-23)13-16-7-9-19(10-8-16)27-15-17-5-2-3-6-20(17)22/h2-3,5-10,13H,4,11-12,15H2,1H3,(H,24,25)/b18-13+. The first-order chi connectivity index (χ1) is 13.1. The fourth-order valence-electron chi connectivity index (χ4n) is 2.27. The van der Waals surface area contributed by atoms with Gasteiger partial charge in [-0.1, -0.05) is 41.9 Å². The van der Waals surface area contributed by atoms with Crippen molar-refractivity contribution >= 4 is 23.6 Å². The molecule has 0 unspecified atom stereocenters. The summed E-state index contributed by atoms with van der Waals surface area (Å²) in [6, 6.07) is 16.6. The van der Waals surface area contributed by atoms with E-state index >= 15 is 0 Å². The number of amides is 1. The van der Waals surface area contributed by atoms with Crippen LogP contribution in [0.4, 0.5) is 0 Å². The number of hydrogen-bond acceptors (Lipinski definition) is 4. The van der Waals surface area contributed by atoms with Crippen LogP contribution in [0.15, 0.2) is 54.1 Å². The van der Waals surface area contributed by atoms with Crippen LogP contribution in [0.25, 0.3) is 6.08 Å². The third-order valence-electron chi connectivity index (χ3n) is 3.72. The molecule has 27 heavy (non-hydrogen) atoms. The summed E-state index contributed by atoms with van der Waals surface area (Å²) in [6.07, 6.45) is 2.24. The van der Waals surface area contributed by atoms with Crippen LogP contribution in [0, 0.1) is 11.3 Å². The molecule has 0 bridgehead atoms. The lowest BCUT2D eigenvalue weighted by molar-refractivity contribution is -0.117. The second-order valence-corrected chi connectivity index (χ2v) is 6.13. The van der Waals surface area contributed by atoms with Gasteiger partial charge in [-0.05, 0) is 36.3 Å². The van der Waals surface area contributed by atoms with Gasteiger partial charge in [-0.3, -0.25) is 4.79 Å². The first kappa shape index (κ1) is 20.5. The van der Waals surface area contributed by atoms with E-state index in [2.05, 4.69) is 5.32 Å². The summed E-state index contributed by atoms with van der Waals surface area (Å²) < 4.78 is 10.6. The van der Waals surface area contributed by atoms with Crippen molar-refractivity contribution in [2.45, 2.75) is 13.0 Å². The van der Waals surface area contributed by atoms with Gasteiger partial charge < -0.3 is 14.8 Å². The van der Waals surface area contributed by atoms with E-state index in [1.807, 2.05) is 30.3 Å². The normalized spacial score (nSPS) is 10.9. The van der Waals surface area contributed by atoms with Crippen molar-refractivity contribution in [3.8, 4) is 11.8 Å².